The minimum absolute atomic E-state index is 0.539. The van der Waals surface area contributed by atoms with Gasteiger partial charge in [0.05, 0.1) is 11.1 Å². The Kier molecular flexibility index (Phi) is 10.5. The predicted molar refractivity (Wildman–Crippen MR) is 322 cm³/mol. The molecule has 0 amide bonds. The molecule has 360 valence electrons. The van der Waals surface area contributed by atoms with Crippen LogP contribution in [0.15, 0.2) is 302 Å². The lowest BCUT2D eigenvalue weighted by atomic mass is 9.68. The van der Waals surface area contributed by atoms with Gasteiger partial charge in [0, 0.05) is 38.8 Å². The van der Waals surface area contributed by atoms with Crippen molar-refractivity contribution in [1.82, 2.24) is 0 Å². The third-order valence-electron chi connectivity index (χ3n) is 16.1. The molecule has 14 aromatic rings. The summed E-state index contributed by atoms with van der Waals surface area (Å²) in [6.07, 6.45) is 0. The highest BCUT2D eigenvalue weighted by Gasteiger charge is 2.47. The second-order valence-electron chi connectivity index (χ2n) is 20.2. The Morgan fingerprint density at radius 3 is 1.51 bits per heavy atom. The summed E-state index contributed by atoms with van der Waals surface area (Å²) < 4.78 is 7.10. The number of furan rings is 1. The van der Waals surface area contributed by atoms with Crippen LogP contribution in [-0.4, -0.2) is 0 Å². The minimum Gasteiger partial charge on any atom is -0.455 e. The number of rotatable bonds is 9. The van der Waals surface area contributed by atoms with Gasteiger partial charge in [-0.3, -0.25) is 0 Å². The second kappa shape index (κ2) is 18.1. The van der Waals surface area contributed by atoms with Crippen LogP contribution in [0.3, 0.4) is 0 Å². The van der Waals surface area contributed by atoms with E-state index in [0.29, 0.717) is 0 Å². The number of hydrogen-bond donors (Lipinski definition) is 0. The number of anilines is 3. The average Bonchev–Trinajstić information content (AvgIpc) is 4.29. The zero-order valence-electron chi connectivity index (χ0n) is 42.1. The molecular formula is C75H49NO. The molecule has 13 aromatic carbocycles. The van der Waals surface area contributed by atoms with Gasteiger partial charge in [-0.25, -0.2) is 0 Å². The van der Waals surface area contributed by atoms with E-state index in [4.69, 9.17) is 4.42 Å². The maximum atomic E-state index is 7.10. The fraction of sp³-hybridized carbons (Fsp3) is 0.0133. The lowest BCUT2D eigenvalue weighted by molar-refractivity contribution is 0.636. The van der Waals surface area contributed by atoms with E-state index in [1.54, 1.807) is 0 Å². The van der Waals surface area contributed by atoms with Gasteiger partial charge in [0.25, 0.3) is 0 Å². The van der Waals surface area contributed by atoms with Crippen molar-refractivity contribution < 1.29 is 4.42 Å². The summed E-state index contributed by atoms with van der Waals surface area (Å²) >= 11 is 0. The molecule has 1 aliphatic carbocycles. The minimum atomic E-state index is -0.539. The monoisotopic (exact) mass is 979 g/mol. The number of hydrogen-bond acceptors (Lipinski definition) is 2. The molecule has 15 rings (SSSR count). The highest BCUT2D eigenvalue weighted by atomic mass is 16.3. The van der Waals surface area contributed by atoms with Crippen molar-refractivity contribution >= 4 is 60.3 Å². The Morgan fingerprint density at radius 2 is 0.805 bits per heavy atom. The van der Waals surface area contributed by atoms with Crippen LogP contribution >= 0.6 is 0 Å². The van der Waals surface area contributed by atoms with Crippen molar-refractivity contribution in [1.29, 1.82) is 0 Å². The molecule has 0 radical (unpaired) electrons. The van der Waals surface area contributed by atoms with E-state index in [1.165, 1.54) is 66.1 Å². The number of nitrogens with zero attached hydrogens (tertiary/aromatic N) is 1. The normalized spacial score (nSPS) is 12.5. The van der Waals surface area contributed by atoms with Crippen molar-refractivity contribution in [2.75, 3.05) is 4.90 Å². The van der Waals surface area contributed by atoms with Crippen molar-refractivity contribution in [2.24, 2.45) is 0 Å². The van der Waals surface area contributed by atoms with E-state index in [9.17, 15) is 0 Å². The first kappa shape index (κ1) is 44.5. The molecule has 0 atom stereocenters. The van der Waals surface area contributed by atoms with E-state index in [2.05, 4.69) is 302 Å². The molecule has 1 aromatic heterocycles. The number of fused-ring (bicyclic) bond motifs is 10. The summed E-state index contributed by atoms with van der Waals surface area (Å²) in [7, 11) is 0. The summed E-state index contributed by atoms with van der Waals surface area (Å²) in [6.45, 7) is 0. The molecular weight excluding hydrogens is 931 g/mol. The molecule has 0 fully saturated rings. The predicted octanol–water partition coefficient (Wildman–Crippen LogP) is 20.4. The molecule has 2 heteroatoms. The van der Waals surface area contributed by atoms with Gasteiger partial charge < -0.3 is 9.32 Å². The summed E-state index contributed by atoms with van der Waals surface area (Å²) in [6, 6.07) is 109. The van der Waals surface area contributed by atoms with Gasteiger partial charge in [0.2, 0.25) is 0 Å². The highest BCUT2D eigenvalue weighted by Crippen LogP contribution is 2.60. The van der Waals surface area contributed by atoms with E-state index in [-0.39, 0.29) is 0 Å². The lowest BCUT2D eigenvalue weighted by Crippen LogP contribution is -2.28. The second-order valence-corrected chi connectivity index (χ2v) is 20.2. The Bertz CT molecular complexity index is 4480. The van der Waals surface area contributed by atoms with Crippen molar-refractivity contribution in [2.45, 2.75) is 5.41 Å². The highest BCUT2D eigenvalue weighted by molar-refractivity contribution is 6.29. The van der Waals surface area contributed by atoms with Gasteiger partial charge >= 0.3 is 0 Å². The third kappa shape index (κ3) is 7.03. The quantitative estimate of drug-likeness (QED) is 0.134. The average molecular weight is 980 g/mol. The summed E-state index contributed by atoms with van der Waals surface area (Å²) in [5, 5.41) is 8.25. The summed E-state index contributed by atoms with van der Waals surface area (Å²) in [5.74, 6) is 0.879. The van der Waals surface area contributed by atoms with Gasteiger partial charge in [0.15, 0.2) is 0 Å². The van der Waals surface area contributed by atoms with E-state index < -0.39 is 5.41 Å². The summed E-state index contributed by atoms with van der Waals surface area (Å²) in [4.78, 5) is 2.47. The van der Waals surface area contributed by atoms with E-state index >= 15 is 0 Å². The molecule has 0 N–H and O–H groups in total. The smallest absolute Gasteiger partial charge is 0.143 e. The Balaban J connectivity index is 0.928. The van der Waals surface area contributed by atoms with Gasteiger partial charge in [0.1, 0.15) is 11.3 Å². The maximum Gasteiger partial charge on any atom is 0.143 e. The molecule has 0 bridgehead atoms. The molecule has 0 saturated heterocycles. The Labute approximate surface area is 448 Å². The Hall–Kier alpha value is -10.0. The largest absolute Gasteiger partial charge is 0.455 e. The third-order valence-corrected chi connectivity index (χ3v) is 16.1. The van der Waals surface area contributed by atoms with Crippen LogP contribution in [0, 0.1) is 0 Å². The molecule has 0 aliphatic heterocycles. The fourth-order valence-electron chi connectivity index (χ4n) is 12.8. The molecule has 1 heterocycles. The van der Waals surface area contributed by atoms with Crippen molar-refractivity contribution in [3.05, 3.63) is 320 Å². The maximum absolute atomic E-state index is 7.10. The van der Waals surface area contributed by atoms with Crippen LogP contribution < -0.4 is 4.90 Å². The molecule has 77 heavy (non-hydrogen) atoms. The molecule has 0 unspecified atom stereocenters. The van der Waals surface area contributed by atoms with E-state index in [0.717, 1.165) is 72.4 Å². The SMILES string of the molecule is c1ccc(-c2oc3c4ccccc4c4ccc(-c5ccc(N(c6ccc(-c7cccc8ccccc78)cc6)c6cccc7c6-c6ccccc6C7(c6ccccc6)c6ccccc6)cc5)cc4c3c2-c2ccccc2)cc1. The first-order chi connectivity index (χ1) is 38.2. The Morgan fingerprint density at radius 1 is 0.299 bits per heavy atom. The van der Waals surface area contributed by atoms with Gasteiger partial charge in [-0.1, -0.05) is 261 Å². The standard InChI is InChI=1S/C75H49NO/c1-5-22-53(23-6-1)70-72-66-49-55(43-48-63(66)62-32-15-16-33-64(62)74(72)77-73(70)54-24-7-2-8-25-54)50-39-44-58(45-40-50)76(59-46-41-52(42-47-59)61-35-19-26-51-21-13-14-31-60(51)61)69-38-20-37-68-71(69)65-34-17-18-36-67(65)75(68,56-27-9-3-10-28-56)57-29-11-4-12-30-57/h1-49H. The van der Waals surface area contributed by atoms with E-state index in [1.807, 2.05) is 0 Å². The lowest BCUT2D eigenvalue weighted by Gasteiger charge is -2.34. The van der Waals surface area contributed by atoms with Gasteiger partial charge in [-0.2, -0.15) is 0 Å². The molecule has 2 nitrogen and oxygen atoms in total. The van der Waals surface area contributed by atoms with Crippen LogP contribution in [0.5, 0.6) is 0 Å². The zero-order valence-corrected chi connectivity index (χ0v) is 42.1. The van der Waals surface area contributed by atoms with Crippen LogP contribution in [0.4, 0.5) is 17.1 Å². The molecule has 0 saturated carbocycles. The number of benzene rings is 13. The van der Waals surface area contributed by atoms with Gasteiger partial charge in [-0.15, -0.1) is 0 Å². The first-order valence-corrected chi connectivity index (χ1v) is 26.6. The first-order valence-electron chi connectivity index (χ1n) is 26.6. The van der Waals surface area contributed by atoms with Crippen molar-refractivity contribution in [3.63, 3.8) is 0 Å². The van der Waals surface area contributed by atoms with Crippen LogP contribution in [0.1, 0.15) is 22.3 Å². The van der Waals surface area contributed by atoms with Crippen LogP contribution in [0.25, 0.3) is 99.1 Å². The van der Waals surface area contributed by atoms with Crippen LogP contribution in [0.2, 0.25) is 0 Å². The van der Waals surface area contributed by atoms with Crippen LogP contribution in [-0.2, 0) is 5.41 Å². The molecule has 1 aliphatic rings. The fourth-order valence-corrected chi connectivity index (χ4v) is 12.8. The topological polar surface area (TPSA) is 16.4 Å². The zero-order chi connectivity index (χ0) is 50.9. The van der Waals surface area contributed by atoms with Gasteiger partial charge in [-0.05, 0) is 119 Å². The van der Waals surface area contributed by atoms with Crippen molar-refractivity contribution in [3.8, 4) is 55.8 Å². The molecule has 0 spiro atoms. The summed E-state index contributed by atoms with van der Waals surface area (Å²) in [5.41, 5.74) is 19.1.